The number of alkyl halides is 3. The number of halogens is 3. The van der Waals surface area contributed by atoms with Crippen molar-refractivity contribution >= 4 is 17.4 Å². The maximum absolute atomic E-state index is 13.5. The van der Waals surface area contributed by atoms with E-state index in [0.29, 0.717) is 37.9 Å². The Morgan fingerprint density at radius 3 is 2.36 bits per heavy atom. The van der Waals surface area contributed by atoms with Crippen molar-refractivity contribution < 1.29 is 18.0 Å². The summed E-state index contributed by atoms with van der Waals surface area (Å²) in [6, 6.07) is 9.51. The number of rotatable bonds is 6. The molecule has 1 unspecified atom stereocenters. The van der Waals surface area contributed by atoms with E-state index in [1.807, 2.05) is 48.8 Å². The molecular formula is C27H36F3N5O. The third kappa shape index (κ3) is 5.99. The first-order valence-corrected chi connectivity index (χ1v) is 12.8. The average molecular weight is 504 g/mol. The summed E-state index contributed by atoms with van der Waals surface area (Å²) in [5.74, 6) is 0.737. The summed E-state index contributed by atoms with van der Waals surface area (Å²) in [7, 11) is 0. The van der Waals surface area contributed by atoms with E-state index in [4.69, 9.17) is 0 Å². The molecule has 36 heavy (non-hydrogen) atoms. The van der Waals surface area contributed by atoms with Crippen LogP contribution in [0.4, 0.5) is 24.7 Å². The lowest BCUT2D eigenvalue weighted by Gasteiger charge is -2.39. The van der Waals surface area contributed by atoms with E-state index < -0.39 is 17.3 Å². The number of fused-ring (bicyclic) bond motifs is 1. The lowest BCUT2D eigenvalue weighted by molar-refractivity contribution is -0.141. The van der Waals surface area contributed by atoms with Crippen molar-refractivity contribution in [2.45, 2.75) is 71.0 Å². The molecule has 0 bridgehead atoms. The summed E-state index contributed by atoms with van der Waals surface area (Å²) in [5.41, 5.74) is 0.798. The molecular weight excluding hydrogens is 467 g/mol. The van der Waals surface area contributed by atoms with Crippen LogP contribution in [0.1, 0.15) is 64.0 Å². The molecule has 1 aromatic carbocycles. The zero-order valence-corrected chi connectivity index (χ0v) is 21.6. The minimum Gasteiger partial charge on any atom is -0.354 e. The van der Waals surface area contributed by atoms with Crippen molar-refractivity contribution in [2.24, 2.45) is 0 Å². The minimum atomic E-state index is -4.51. The number of para-hydroxylation sites is 1. The van der Waals surface area contributed by atoms with Gasteiger partial charge >= 0.3 is 6.18 Å². The number of anilines is 2. The monoisotopic (exact) mass is 503 g/mol. The third-order valence-electron chi connectivity index (χ3n) is 7.13. The third-order valence-corrected chi connectivity index (χ3v) is 7.13. The van der Waals surface area contributed by atoms with E-state index in [0.717, 1.165) is 44.1 Å². The first-order chi connectivity index (χ1) is 16.9. The lowest BCUT2D eigenvalue weighted by atomic mass is 9.95. The van der Waals surface area contributed by atoms with Crippen molar-refractivity contribution in [3.8, 4) is 0 Å². The molecule has 1 saturated heterocycles. The number of amides is 1. The molecule has 4 rings (SSSR count). The van der Waals surface area contributed by atoms with Gasteiger partial charge in [0.15, 0.2) is 0 Å². The van der Waals surface area contributed by atoms with Crippen molar-refractivity contribution in [2.75, 3.05) is 42.5 Å². The number of hydrogen-bond donors (Lipinski definition) is 0. The maximum atomic E-state index is 13.5. The Bertz CT molecular complexity index is 1040. The van der Waals surface area contributed by atoms with Crippen LogP contribution < -0.4 is 9.80 Å². The number of hydrogen-bond acceptors (Lipinski definition) is 5. The molecule has 196 valence electrons. The van der Waals surface area contributed by atoms with Gasteiger partial charge < -0.3 is 9.80 Å². The fourth-order valence-corrected chi connectivity index (χ4v) is 4.94. The lowest BCUT2D eigenvalue weighted by Crippen LogP contribution is -2.50. The Balaban J connectivity index is 1.33. The predicted octanol–water partition coefficient (Wildman–Crippen LogP) is 5.06. The predicted molar refractivity (Wildman–Crippen MR) is 135 cm³/mol. The standard InChI is InChI=1S/C27H36F3N5O/c1-19(8-7-13-35-21-10-6-5-9-20(21)11-12-24(35)36)33-14-16-34(17-15-33)23-18-22(27(28,29)30)31-25(32-23)26(2,3)4/h5-6,9-10,18-19H,7-8,11-17H2,1-4H3. The van der Waals surface area contributed by atoms with Crippen LogP contribution in [-0.2, 0) is 22.8 Å². The molecule has 0 radical (unpaired) electrons. The molecule has 0 N–H and O–H groups in total. The molecule has 1 atom stereocenters. The van der Waals surface area contributed by atoms with Crippen LogP contribution in [0.15, 0.2) is 30.3 Å². The molecule has 2 aliphatic heterocycles. The second kappa shape index (κ2) is 10.4. The van der Waals surface area contributed by atoms with Crippen molar-refractivity contribution in [1.82, 2.24) is 14.9 Å². The zero-order chi connectivity index (χ0) is 26.1. The molecule has 0 aliphatic carbocycles. The highest BCUT2D eigenvalue weighted by atomic mass is 19.4. The second-order valence-corrected chi connectivity index (χ2v) is 10.9. The van der Waals surface area contributed by atoms with E-state index in [2.05, 4.69) is 27.9 Å². The van der Waals surface area contributed by atoms with E-state index in [1.54, 1.807) is 0 Å². The molecule has 0 spiro atoms. The normalized spacial score (nSPS) is 18.4. The molecule has 2 aromatic rings. The van der Waals surface area contributed by atoms with E-state index >= 15 is 0 Å². The number of benzene rings is 1. The number of carbonyl (C=O) groups is 1. The van der Waals surface area contributed by atoms with Crippen LogP contribution in [0.25, 0.3) is 0 Å². The van der Waals surface area contributed by atoms with Gasteiger partial charge in [0, 0.05) is 62.4 Å². The fraction of sp³-hybridized carbons (Fsp3) is 0.593. The Kier molecular flexibility index (Phi) is 7.59. The van der Waals surface area contributed by atoms with Crippen molar-refractivity contribution in [1.29, 1.82) is 0 Å². The molecule has 0 saturated carbocycles. The van der Waals surface area contributed by atoms with Gasteiger partial charge in [-0.3, -0.25) is 9.69 Å². The zero-order valence-electron chi connectivity index (χ0n) is 21.6. The SMILES string of the molecule is CC(CCCN1C(=O)CCc2ccccc21)N1CCN(c2cc(C(F)(F)F)nc(C(C)(C)C)n2)CC1. The van der Waals surface area contributed by atoms with Crippen LogP contribution in [0.3, 0.4) is 0 Å². The topological polar surface area (TPSA) is 52.6 Å². The van der Waals surface area contributed by atoms with E-state index in [1.165, 1.54) is 5.56 Å². The summed E-state index contributed by atoms with van der Waals surface area (Å²) < 4.78 is 40.5. The molecule has 1 fully saturated rings. The van der Waals surface area contributed by atoms with Crippen LogP contribution >= 0.6 is 0 Å². The number of aromatic nitrogens is 2. The van der Waals surface area contributed by atoms with Crippen LogP contribution in [0, 0.1) is 0 Å². The molecule has 3 heterocycles. The summed E-state index contributed by atoms with van der Waals surface area (Å²) in [4.78, 5) is 27.0. The second-order valence-electron chi connectivity index (χ2n) is 10.9. The summed E-state index contributed by atoms with van der Waals surface area (Å²) in [6.45, 7) is 11.1. The first kappa shape index (κ1) is 26.4. The number of aryl methyl sites for hydroxylation is 1. The number of carbonyl (C=O) groups excluding carboxylic acids is 1. The Morgan fingerprint density at radius 1 is 1.00 bits per heavy atom. The molecule has 6 nitrogen and oxygen atoms in total. The highest BCUT2D eigenvalue weighted by Crippen LogP contribution is 2.32. The Morgan fingerprint density at radius 2 is 1.69 bits per heavy atom. The van der Waals surface area contributed by atoms with Gasteiger partial charge in [0.25, 0.3) is 0 Å². The molecule has 1 aromatic heterocycles. The largest absolute Gasteiger partial charge is 0.433 e. The quantitative estimate of drug-likeness (QED) is 0.552. The first-order valence-electron chi connectivity index (χ1n) is 12.8. The highest BCUT2D eigenvalue weighted by Gasteiger charge is 2.36. The van der Waals surface area contributed by atoms with E-state index in [-0.39, 0.29) is 11.7 Å². The summed E-state index contributed by atoms with van der Waals surface area (Å²) in [5, 5.41) is 0. The molecule has 9 heteroatoms. The fourth-order valence-electron chi connectivity index (χ4n) is 4.94. The van der Waals surface area contributed by atoms with E-state index in [9.17, 15) is 18.0 Å². The van der Waals surface area contributed by atoms with Crippen molar-refractivity contribution in [3.05, 3.63) is 47.4 Å². The van der Waals surface area contributed by atoms with Crippen molar-refractivity contribution in [3.63, 3.8) is 0 Å². The average Bonchev–Trinajstić information content (AvgIpc) is 2.84. The van der Waals surface area contributed by atoms with Crippen LogP contribution in [-0.4, -0.2) is 59.5 Å². The van der Waals surface area contributed by atoms with Gasteiger partial charge in [0.1, 0.15) is 17.3 Å². The van der Waals surface area contributed by atoms with Gasteiger partial charge in [-0.1, -0.05) is 39.0 Å². The van der Waals surface area contributed by atoms with Gasteiger partial charge in [-0.15, -0.1) is 0 Å². The van der Waals surface area contributed by atoms with Gasteiger partial charge in [-0.05, 0) is 37.8 Å². The smallest absolute Gasteiger partial charge is 0.354 e. The minimum absolute atomic E-state index is 0.188. The summed E-state index contributed by atoms with van der Waals surface area (Å²) >= 11 is 0. The highest BCUT2D eigenvalue weighted by molar-refractivity contribution is 5.96. The Labute approximate surface area is 211 Å². The Hall–Kier alpha value is -2.68. The summed E-state index contributed by atoms with van der Waals surface area (Å²) in [6.07, 6.45) is -1.29. The van der Waals surface area contributed by atoms with Gasteiger partial charge in [0.05, 0.1) is 0 Å². The molecule has 1 amide bonds. The maximum Gasteiger partial charge on any atom is 0.433 e. The van der Waals surface area contributed by atoms with Gasteiger partial charge in [-0.25, -0.2) is 9.97 Å². The van der Waals surface area contributed by atoms with Crippen LogP contribution in [0.2, 0.25) is 0 Å². The van der Waals surface area contributed by atoms with Gasteiger partial charge in [0.2, 0.25) is 5.91 Å². The number of nitrogens with zero attached hydrogens (tertiary/aromatic N) is 5. The molecule has 2 aliphatic rings. The number of piperazine rings is 1. The van der Waals surface area contributed by atoms with Crippen LogP contribution in [0.5, 0.6) is 0 Å². The van der Waals surface area contributed by atoms with Gasteiger partial charge in [-0.2, -0.15) is 13.2 Å².